The van der Waals surface area contributed by atoms with Gasteiger partial charge < -0.3 is 5.73 Å². The zero-order chi connectivity index (χ0) is 13.5. The Morgan fingerprint density at radius 2 is 1.72 bits per heavy atom. The number of carbonyl (C=O) groups excluding carboxylic acids is 1. The molecule has 1 unspecified atom stereocenters. The predicted molar refractivity (Wildman–Crippen MR) is 76.7 cm³/mol. The van der Waals surface area contributed by atoms with Gasteiger partial charge in [0.15, 0.2) is 0 Å². The van der Waals surface area contributed by atoms with Gasteiger partial charge in [0.1, 0.15) is 0 Å². The Kier molecular flexibility index (Phi) is 5.90. The molecule has 1 aromatic carbocycles. The first-order valence-electron chi connectivity index (χ1n) is 6.94. The monoisotopic (exact) mass is 247 g/mol. The molecule has 0 saturated carbocycles. The minimum atomic E-state index is -0.351. The standard InChI is InChI=1S/C16H25NO/c1-4-5-13(7-6-12(2)3)14-8-10-15(11-9-14)16(17)18/h8-13H,4-7H2,1-3H3,(H2,17,18). The topological polar surface area (TPSA) is 43.1 Å². The van der Waals surface area contributed by atoms with Crippen LogP contribution in [0, 0.1) is 5.92 Å². The van der Waals surface area contributed by atoms with Gasteiger partial charge in [-0.2, -0.15) is 0 Å². The minimum absolute atomic E-state index is 0.351. The third kappa shape index (κ3) is 4.52. The predicted octanol–water partition coefficient (Wildman–Crippen LogP) is 4.11. The highest BCUT2D eigenvalue weighted by atomic mass is 16.1. The molecule has 0 fully saturated rings. The molecule has 0 aliphatic heterocycles. The van der Waals surface area contributed by atoms with Crippen molar-refractivity contribution >= 4 is 5.91 Å². The van der Waals surface area contributed by atoms with Crippen molar-refractivity contribution in [3.05, 3.63) is 35.4 Å². The van der Waals surface area contributed by atoms with Crippen LogP contribution >= 0.6 is 0 Å². The lowest BCUT2D eigenvalue weighted by molar-refractivity contribution is 0.100. The summed E-state index contributed by atoms with van der Waals surface area (Å²) in [5, 5.41) is 0. The van der Waals surface area contributed by atoms with Crippen molar-refractivity contribution in [2.45, 2.75) is 52.4 Å². The van der Waals surface area contributed by atoms with Gasteiger partial charge in [-0.15, -0.1) is 0 Å². The lowest BCUT2D eigenvalue weighted by atomic mass is 9.87. The molecule has 0 spiro atoms. The van der Waals surface area contributed by atoms with Crippen LogP contribution in [0.2, 0.25) is 0 Å². The van der Waals surface area contributed by atoms with Crippen LogP contribution in [0.25, 0.3) is 0 Å². The van der Waals surface area contributed by atoms with E-state index in [9.17, 15) is 4.79 Å². The summed E-state index contributed by atoms with van der Waals surface area (Å²) in [6.07, 6.45) is 4.88. The fraction of sp³-hybridized carbons (Fsp3) is 0.562. The highest BCUT2D eigenvalue weighted by Gasteiger charge is 2.12. The molecular weight excluding hydrogens is 222 g/mol. The smallest absolute Gasteiger partial charge is 0.248 e. The number of hydrogen-bond donors (Lipinski definition) is 1. The van der Waals surface area contributed by atoms with Crippen LogP contribution in [-0.4, -0.2) is 5.91 Å². The highest BCUT2D eigenvalue weighted by Crippen LogP contribution is 2.28. The van der Waals surface area contributed by atoms with Gasteiger partial charge in [0, 0.05) is 5.56 Å². The van der Waals surface area contributed by atoms with Crippen LogP contribution < -0.4 is 5.73 Å². The number of nitrogens with two attached hydrogens (primary N) is 1. The summed E-state index contributed by atoms with van der Waals surface area (Å²) in [6, 6.07) is 7.80. The van der Waals surface area contributed by atoms with Crippen molar-refractivity contribution in [1.29, 1.82) is 0 Å². The number of rotatable bonds is 7. The maximum absolute atomic E-state index is 11.0. The van der Waals surface area contributed by atoms with E-state index in [2.05, 4.69) is 32.9 Å². The normalized spacial score (nSPS) is 12.7. The molecule has 2 nitrogen and oxygen atoms in total. The summed E-state index contributed by atoms with van der Waals surface area (Å²) < 4.78 is 0. The maximum Gasteiger partial charge on any atom is 0.248 e. The van der Waals surface area contributed by atoms with Gasteiger partial charge in [-0.05, 0) is 42.4 Å². The van der Waals surface area contributed by atoms with Gasteiger partial charge in [-0.25, -0.2) is 0 Å². The van der Waals surface area contributed by atoms with E-state index < -0.39 is 0 Å². The molecular formula is C16H25NO. The van der Waals surface area contributed by atoms with Crippen LogP contribution in [0.5, 0.6) is 0 Å². The van der Waals surface area contributed by atoms with E-state index in [1.807, 2.05) is 12.1 Å². The summed E-state index contributed by atoms with van der Waals surface area (Å²) in [6.45, 7) is 6.75. The third-order valence-electron chi connectivity index (χ3n) is 3.40. The van der Waals surface area contributed by atoms with Crippen molar-refractivity contribution in [1.82, 2.24) is 0 Å². The van der Waals surface area contributed by atoms with Crippen LogP contribution in [0.4, 0.5) is 0 Å². The second-order valence-electron chi connectivity index (χ2n) is 5.44. The van der Waals surface area contributed by atoms with Crippen LogP contribution in [-0.2, 0) is 0 Å². The molecule has 0 radical (unpaired) electrons. The van der Waals surface area contributed by atoms with Crippen LogP contribution in [0.1, 0.15) is 68.3 Å². The number of primary amides is 1. The molecule has 18 heavy (non-hydrogen) atoms. The Hall–Kier alpha value is -1.31. The Morgan fingerprint density at radius 1 is 1.11 bits per heavy atom. The average Bonchev–Trinajstić information content (AvgIpc) is 2.34. The largest absolute Gasteiger partial charge is 0.366 e. The van der Waals surface area contributed by atoms with Crippen molar-refractivity contribution < 1.29 is 4.79 Å². The van der Waals surface area contributed by atoms with Gasteiger partial charge in [-0.3, -0.25) is 4.79 Å². The summed E-state index contributed by atoms with van der Waals surface area (Å²) in [7, 11) is 0. The first-order valence-corrected chi connectivity index (χ1v) is 6.94. The molecule has 0 bridgehead atoms. The van der Waals surface area contributed by atoms with Crippen LogP contribution in [0.3, 0.4) is 0 Å². The molecule has 100 valence electrons. The highest BCUT2D eigenvalue weighted by molar-refractivity contribution is 5.92. The third-order valence-corrected chi connectivity index (χ3v) is 3.40. The Balaban J connectivity index is 2.75. The second kappa shape index (κ2) is 7.20. The average molecular weight is 247 g/mol. The van der Waals surface area contributed by atoms with Crippen molar-refractivity contribution in [3.8, 4) is 0 Å². The van der Waals surface area contributed by atoms with Crippen LogP contribution in [0.15, 0.2) is 24.3 Å². The number of hydrogen-bond acceptors (Lipinski definition) is 1. The molecule has 0 aliphatic rings. The van der Waals surface area contributed by atoms with E-state index in [4.69, 9.17) is 5.73 Å². The summed E-state index contributed by atoms with van der Waals surface area (Å²) in [5.41, 5.74) is 7.19. The van der Waals surface area contributed by atoms with E-state index in [0.29, 0.717) is 11.5 Å². The summed E-state index contributed by atoms with van der Waals surface area (Å²) >= 11 is 0. The molecule has 2 heteroatoms. The number of amides is 1. The molecule has 1 amide bonds. The molecule has 0 aromatic heterocycles. The number of benzene rings is 1. The molecule has 1 atom stereocenters. The lowest BCUT2D eigenvalue weighted by Gasteiger charge is -2.18. The van der Waals surface area contributed by atoms with Gasteiger partial charge in [0.25, 0.3) is 0 Å². The molecule has 1 rings (SSSR count). The maximum atomic E-state index is 11.0. The van der Waals surface area contributed by atoms with E-state index in [1.165, 1.54) is 31.2 Å². The van der Waals surface area contributed by atoms with Crippen molar-refractivity contribution in [2.75, 3.05) is 0 Å². The van der Waals surface area contributed by atoms with E-state index in [1.54, 1.807) is 0 Å². The van der Waals surface area contributed by atoms with Gasteiger partial charge in [-0.1, -0.05) is 45.7 Å². The SMILES string of the molecule is CCCC(CCC(C)C)c1ccc(C(N)=O)cc1. The zero-order valence-corrected chi connectivity index (χ0v) is 11.8. The lowest BCUT2D eigenvalue weighted by Crippen LogP contribution is -2.11. The fourth-order valence-corrected chi connectivity index (χ4v) is 2.28. The first kappa shape index (κ1) is 14.7. The summed E-state index contributed by atoms with van der Waals surface area (Å²) in [5.74, 6) is 1.00. The molecule has 0 aliphatic carbocycles. The van der Waals surface area contributed by atoms with E-state index in [-0.39, 0.29) is 5.91 Å². The zero-order valence-electron chi connectivity index (χ0n) is 11.8. The Bertz CT molecular complexity index is 367. The molecule has 2 N–H and O–H groups in total. The molecule has 0 saturated heterocycles. The Labute approximate surface area is 111 Å². The Morgan fingerprint density at radius 3 is 2.17 bits per heavy atom. The quantitative estimate of drug-likeness (QED) is 0.774. The van der Waals surface area contributed by atoms with Gasteiger partial charge >= 0.3 is 0 Å². The van der Waals surface area contributed by atoms with Gasteiger partial charge in [0.05, 0.1) is 0 Å². The number of carbonyl (C=O) groups is 1. The first-order chi connectivity index (χ1) is 8.54. The van der Waals surface area contributed by atoms with E-state index in [0.717, 1.165) is 5.92 Å². The second-order valence-corrected chi connectivity index (χ2v) is 5.44. The summed E-state index contributed by atoms with van der Waals surface area (Å²) in [4.78, 5) is 11.0. The fourth-order valence-electron chi connectivity index (χ4n) is 2.28. The van der Waals surface area contributed by atoms with Gasteiger partial charge in [0.2, 0.25) is 5.91 Å². The van der Waals surface area contributed by atoms with Crippen molar-refractivity contribution in [2.24, 2.45) is 11.7 Å². The molecule has 1 aromatic rings. The minimum Gasteiger partial charge on any atom is -0.366 e. The molecule has 0 heterocycles. The van der Waals surface area contributed by atoms with E-state index >= 15 is 0 Å². The van der Waals surface area contributed by atoms with Crippen molar-refractivity contribution in [3.63, 3.8) is 0 Å².